The van der Waals surface area contributed by atoms with Gasteiger partial charge in [-0.1, -0.05) is 44.2 Å². The predicted molar refractivity (Wildman–Crippen MR) is 109 cm³/mol. The summed E-state index contributed by atoms with van der Waals surface area (Å²) in [5.41, 5.74) is 3.05. The van der Waals surface area contributed by atoms with Crippen molar-refractivity contribution in [2.45, 2.75) is 19.3 Å². The molecule has 6 nitrogen and oxygen atoms in total. The first-order valence-electron chi connectivity index (χ1n) is 9.25. The molecule has 0 N–H and O–H groups in total. The van der Waals surface area contributed by atoms with Crippen LogP contribution in [0.25, 0.3) is 0 Å². The van der Waals surface area contributed by atoms with Crippen molar-refractivity contribution < 1.29 is 23.9 Å². The molecule has 2 aromatic rings. The molecule has 1 aliphatic heterocycles. The van der Waals surface area contributed by atoms with Gasteiger partial charge in [0, 0.05) is 29.9 Å². The van der Waals surface area contributed by atoms with Gasteiger partial charge in [-0.25, -0.2) is 4.79 Å². The molecule has 150 valence electrons. The van der Waals surface area contributed by atoms with Gasteiger partial charge in [0.25, 0.3) is 0 Å². The van der Waals surface area contributed by atoms with Crippen molar-refractivity contribution in [1.29, 1.82) is 0 Å². The molecule has 1 aliphatic rings. The minimum absolute atomic E-state index is 0.292. The summed E-state index contributed by atoms with van der Waals surface area (Å²) < 4.78 is 10.3. The number of carbonyl (C=O) groups is 3. The second kappa shape index (κ2) is 8.31. The molecule has 0 saturated heterocycles. The van der Waals surface area contributed by atoms with Crippen LogP contribution in [-0.2, 0) is 19.7 Å². The van der Waals surface area contributed by atoms with Crippen molar-refractivity contribution in [1.82, 2.24) is 0 Å². The van der Waals surface area contributed by atoms with Crippen LogP contribution in [0.2, 0.25) is 0 Å². The highest BCUT2D eigenvalue weighted by atomic mass is 16.6. The number of para-hydroxylation sites is 2. The minimum Gasteiger partial charge on any atom is -0.481 e. The Hall–Kier alpha value is -3.41. The van der Waals surface area contributed by atoms with E-state index in [2.05, 4.69) is 13.8 Å². The van der Waals surface area contributed by atoms with Gasteiger partial charge < -0.3 is 14.4 Å². The average molecular weight is 393 g/mol. The molecule has 0 spiro atoms. The summed E-state index contributed by atoms with van der Waals surface area (Å²) in [7, 11) is 1.91. The number of anilines is 1. The molecule has 0 aliphatic carbocycles. The lowest BCUT2D eigenvalue weighted by molar-refractivity contribution is -0.148. The summed E-state index contributed by atoms with van der Waals surface area (Å²) in [6.45, 7) is 3.35. The van der Waals surface area contributed by atoms with E-state index in [0.717, 1.165) is 16.9 Å². The van der Waals surface area contributed by atoms with E-state index in [0.29, 0.717) is 17.6 Å². The van der Waals surface area contributed by atoms with Crippen LogP contribution in [0.15, 0.2) is 60.3 Å². The fourth-order valence-corrected chi connectivity index (χ4v) is 3.49. The van der Waals surface area contributed by atoms with Crippen molar-refractivity contribution in [2.75, 3.05) is 25.2 Å². The number of ketones is 1. The molecule has 29 heavy (non-hydrogen) atoms. The van der Waals surface area contributed by atoms with Crippen molar-refractivity contribution in [2.24, 2.45) is 0 Å². The number of ether oxygens (including phenoxy) is 2. The maximum atomic E-state index is 12.4. The van der Waals surface area contributed by atoms with E-state index < -0.39 is 5.97 Å². The van der Waals surface area contributed by atoms with Crippen molar-refractivity contribution in [3.63, 3.8) is 0 Å². The van der Waals surface area contributed by atoms with Crippen LogP contribution < -0.4 is 9.64 Å². The monoisotopic (exact) mass is 393 g/mol. The van der Waals surface area contributed by atoms with E-state index >= 15 is 0 Å². The maximum absolute atomic E-state index is 12.4. The van der Waals surface area contributed by atoms with E-state index in [1.165, 1.54) is 6.08 Å². The second-order valence-corrected chi connectivity index (χ2v) is 7.30. The van der Waals surface area contributed by atoms with Crippen molar-refractivity contribution >= 4 is 23.7 Å². The number of carbonyl (C=O) groups excluding carboxylic acids is 3. The van der Waals surface area contributed by atoms with E-state index in [-0.39, 0.29) is 24.4 Å². The van der Waals surface area contributed by atoms with Crippen molar-refractivity contribution in [3.8, 4) is 5.75 Å². The van der Waals surface area contributed by atoms with Crippen LogP contribution in [0.4, 0.5) is 5.69 Å². The third-order valence-corrected chi connectivity index (χ3v) is 5.01. The molecule has 0 saturated carbocycles. The summed E-state index contributed by atoms with van der Waals surface area (Å²) in [5, 5.41) is 0. The number of likely N-dealkylation sites (N-methyl/N-ethyl adjacent to an activating group) is 1. The highest BCUT2D eigenvalue weighted by Crippen LogP contribution is 2.46. The van der Waals surface area contributed by atoms with Gasteiger partial charge in [-0.05, 0) is 23.8 Å². The van der Waals surface area contributed by atoms with Crippen LogP contribution >= 0.6 is 0 Å². The first-order chi connectivity index (χ1) is 13.8. The number of esters is 1. The van der Waals surface area contributed by atoms with Gasteiger partial charge >= 0.3 is 5.97 Å². The molecule has 0 amide bonds. The van der Waals surface area contributed by atoms with Gasteiger partial charge in [0.15, 0.2) is 25.3 Å². The van der Waals surface area contributed by atoms with Gasteiger partial charge in [0.2, 0.25) is 0 Å². The molecule has 0 fully saturated rings. The zero-order valence-electron chi connectivity index (χ0n) is 16.7. The fourth-order valence-electron chi connectivity index (χ4n) is 3.49. The molecule has 0 aromatic heterocycles. The van der Waals surface area contributed by atoms with Crippen LogP contribution in [0.1, 0.15) is 29.8 Å². The van der Waals surface area contributed by atoms with E-state index in [1.54, 1.807) is 24.3 Å². The van der Waals surface area contributed by atoms with Gasteiger partial charge in [-0.15, -0.1) is 0 Å². The van der Waals surface area contributed by atoms with Gasteiger partial charge in [-0.3, -0.25) is 9.59 Å². The normalized spacial score (nSPS) is 15.7. The summed E-state index contributed by atoms with van der Waals surface area (Å²) in [4.78, 5) is 37.2. The number of benzene rings is 2. The summed E-state index contributed by atoms with van der Waals surface area (Å²) in [6.07, 6.45) is 2.17. The minimum atomic E-state index is -0.681. The van der Waals surface area contributed by atoms with E-state index in [4.69, 9.17) is 9.47 Å². The molecule has 6 heteroatoms. The second-order valence-electron chi connectivity index (χ2n) is 7.30. The lowest BCUT2D eigenvalue weighted by atomic mass is 9.83. The summed E-state index contributed by atoms with van der Waals surface area (Å²) in [5.74, 6) is -0.700. The summed E-state index contributed by atoms with van der Waals surface area (Å²) >= 11 is 0. The van der Waals surface area contributed by atoms with E-state index in [9.17, 15) is 14.4 Å². The maximum Gasteiger partial charge on any atom is 0.344 e. The number of rotatable bonds is 7. The predicted octanol–water partition coefficient (Wildman–Crippen LogP) is 3.30. The van der Waals surface area contributed by atoms with E-state index in [1.807, 2.05) is 36.2 Å². The average Bonchev–Trinajstić information content (AvgIpc) is 2.92. The van der Waals surface area contributed by atoms with Crippen LogP contribution in [0, 0.1) is 0 Å². The van der Waals surface area contributed by atoms with Gasteiger partial charge in [0.05, 0.1) is 5.56 Å². The van der Waals surface area contributed by atoms with Crippen molar-refractivity contribution in [3.05, 3.63) is 71.4 Å². The molecule has 0 atom stereocenters. The number of aldehydes is 1. The quantitative estimate of drug-likeness (QED) is 0.408. The topological polar surface area (TPSA) is 72.9 Å². The molecule has 0 radical (unpaired) electrons. The molecule has 1 heterocycles. The number of hydrogen-bond donors (Lipinski definition) is 0. The Morgan fingerprint density at radius 1 is 1.03 bits per heavy atom. The molecular weight excluding hydrogens is 370 g/mol. The third kappa shape index (κ3) is 4.21. The Morgan fingerprint density at radius 2 is 1.72 bits per heavy atom. The number of nitrogens with zero attached hydrogens (tertiary/aromatic N) is 1. The SMILES string of the molecule is CN1C(=CC(=O)COC(=O)COc2ccccc2C=O)C(C)(C)c2ccccc21. The first-order valence-corrected chi connectivity index (χ1v) is 9.25. The first kappa shape index (κ1) is 20.3. The fraction of sp³-hybridized carbons (Fsp3) is 0.261. The molecule has 0 bridgehead atoms. The number of hydrogen-bond acceptors (Lipinski definition) is 6. The zero-order chi connectivity index (χ0) is 21.0. The molecule has 2 aromatic carbocycles. The Labute approximate surface area is 169 Å². The smallest absolute Gasteiger partial charge is 0.344 e. The lowest BCUT2D eigenvalue weighted by Gasteiger charge is -2.23. The summed E-state index contributed by atoms with van der Waals surface area (Å²) in [6, 6.07) is 14.6. The number of fused-ring (bicyclic) bond motifs is 1. The highest BCUT2D eigenvalue weighted by molar-refractivity contribution is 5.94. The zero-order valence-corrected chi connectivity index (χ0v) is 16.7. The Bertz CT molecular complexity index is 977. The third-order valence-electron chi connectivity index (χ3n) is 5.01. The molecule has 0 unspecified atom stereocenters. The molecular formula is C23H23NO5. The molecule has 3 rings (SSSR count). The highest BCUT2D eigenvalue weighted by Gasteiger charge is 2.38. The van der Waals surface area contributed by atoms with Crippen LogP contribution in [0.3, 0.4) is 0 Å². The van der Waals surface area contributed by atoms with Gasteiger partial charge in [-0.2, -0.15) is 0 Å². The Balaban J connectivity index is 1.58. The number of allylic oxidation sites excluding steroid dienone is 1. The Kier molecular flexibility index (Phi) is 5.82. The van der Waals surface area contributed by atoms with Crippen LogP contribution in [-0.4, -0.2) is 38.3 Å². The largest absolute Gasteiger partial charge is 0.481 e. The standard InChI is InChI=1S/C23H23NO5/c1-23(2)18-9-5-6-10-19(18)24(3)21(23)12-17(26)14-29-22(27)15-28-20-11-7-4-8-16(20)13-25/h4-13H,14-15H2,1-3H3. The lowest BCUT2D eigenvalue weighted by Crippen LogP contribution is -2.25. The van der Waals surface area contributed by atoms with Gasteiger partial charge in [0.1, 0.15) is 5.75 Å². The van der Waals surface area contributed by atoms with Crippen LogP contribution in [0.5, 0.6) is 5.75 Å². The Morgan fingerprint density at radius 3 is 2.45 bits per heavy atom.